The van der Waals surface area contributed by atoms with Crippen LogP contribution in [0.1, 0.15) is 17.9 Å². The molecule has 5 heteroatoms. The Bertz CT molecular complexity index is 414. The highest BCUT2D eigenvalue weighted by molar-refractivity contribution is 7.81. The number of ketones is 1. The summed E-state index contributed by atoms with van der Waals surface area (Å²) in [5, 5.41) is 17.2. The molecule has 0 fully saturated rings. The maximum Gasteiger partial charge on any atom is 0.225 e. The maximum atomic E-state index is 11.3. The first-order valence-electron chi connectivity index (χ1n) is 4.56. The van der Waals surface area contributed by atoms with Gasteiger partial charge in [0.15, 0.2) is 5.05 Å². The summed E-state index contributed by atoms with van der Waals surface area (Å²) in [5.74, 6) is -1.20. The van der Waals surface area contributed by atoms with Crippen LogP contribution < -0.4 is 0 Å². The van der Waals surface area contributed by atoms with Crippen molar-refractivity contribution in [3.8, 4) is 0 Å². The number of rotatable bonds is 5. The Balaban J connectivity index is 2.89. The van der Waals surface area contributed by atoms with Crippen molar-refractivity contribution in [3.05, 3.63) is 35.9 Å². The lowest BCUT2D eigenvalue weighted by atomic mass is 9.94. The molecular formula is C11H10O3S2. The van der Waals surface area contributed by atoms with Gasteiger partial charge in [-0.3, -0.25) is 4.79 Å². The lowest BCUT2D eigenvalue weighted by Gasteiger charge is -2.13. The molecule has 0 radical (unpaired) electrons. The van der Waals surface area contributed by atoms with Gasteiger partial charge >= 0.3 is 0 Å². The Hall–Kier alpha value is -1.33. The summed E-state index contributed by atoms with van der Waals surface area (Å²) in [7, 11) is 0. The highest BCUT2D eigenvalue weighted by Crippen LogP contribution is 2.21. The SMILES string of the molecule is O=C(CC(C(O)=S)c1ccccc1)C(O)=S. The van der Waals surface area contributed by atoms with E-state index >= 15 is 0 Å². The number of carbonyl (C=O) groups is 1. The van der Waals surface area contributed by atoms with Crippen LogP contribution in [0.15, 0.2) is 30.3 Å². The zero-order valence-electron chi connectivity index (χ0n) is 8.29. The zero-order valence-corrected chi connectivity index (χ0v) is 9.92. The van der Waals surface area contributed by atoms with Crippen LogP contribution in [0.5, 0.6) is 0 Å². The van der Waals surface area contributed by atoms with E-state index in [1.54, 1.807) is 24.3 Å². The van der Waals surface area contributed by atoms with Crippen LogP contribution in [0.25, 0.3) is 0 Å². The fourth-order valence-corrected chi connectivity index (χ4v) is 1.61. The molecule has 3 nitrogen and oxygen atoms in total. The van der Waals surface area contributed by atoms with E-state index in [9.17, 15) is 9.90 Å². The molecule has 1 unspecified atom stereocenters. The molecule has 0 aliphatic rings. The lowest BCUT2D eigenvalue weighted by Crippen LogP contribution is -2.19. The zero-order chi connectivity index (χ0) is 12.1. The third kappa shape index (κ3) is 3.36. The minimum atomic E-state index is -0.683. The first-order valence-corrected chi connectivity index (χ1v) is 5.38. The summed E-state index contributed by atoms with van der Waals surface area (Å²) >= 11 is 9.04. The standard InChI is InChI=1S/C11H10O3S2/c12-9(11(14)16)6-8(10(13)15)7-4-2-1-3-5-7/h1-5,8H,6H2,(H,13,15)(H,14,16). The third-order valence-corrected chi connectivity index (χ3v) is 2.64. The molecule has 16 heavy (non-hydrogen) atoms. The van der Waals surface area contributed by atoms with Crippen molar-refractivity contribution < 1.29 is 15.0 Å². The molecule has 0 aromatic heterocycles. The van der Waals surface area contributed by atoms with Crippen LogP contribution in [0.2, 0.25) is 0 Å². The van der Waals surface area contributed by atoms with Crippen LogP contribution >= 0.6 is 24.4 Å². The third-order valence-electron chi connectivity index (χ3n) is 2.13. The number of thiocarbonyl (C=S) groups is 2. The van der Waals surface area contributed by atoms with Crippen molar-refractivity contribution in [2.45, 2.75) is 12.3 Å². The van der Waals surface area contributed by atoms with Crippen molar-refractivity contribution in [1.29, 1.82) is 0 Å². The predicted molar refractivity (Wildman–Crippen MR) is 69.3 cm³/mol. The summed E-state index contributed by atoms with van der Waals surface area (Å²) in [4.78, 5) is 11.3. The van der Waals surface area contributed by atoms with Gasteiger partial charge in [-0.2, -0.15) is 0 Å². The Labute approximate surface area is 104 Å². The van der Waals surface area contributed by atoms with E-state index in [0.29, 0.717) is 0 Å². The van der Waals surface area contributed by atoms with Crippen LogP contribution in [0.4, 0.5) is 0 Å². The molecule has 0 bridgehead atoms. The van der Waals surface area contributed by atoms with Crippen LogP contribution in [0, 0.1) is 0 Å². The molecule has 0 spiro atoms. The number of aliphatic hydroxyl groups excluding tert-OH is 2. The Morgan fingerprint density at radius 3 is 2.19 bits per heavy atom. The maximum absolute atomic E-state index is 11.3. The average molecular weight is 254 g/mol. The van der Waals surface area contributed by atoms with Crippen molar-refractivity contribution in [2.75, 3.05) is 0 Å². The van der Waals surface area contributed by atoms with E-state index in [-0.39, 0.29) is 11.5 Å². The number of benzene rings is 1. The minimum absolute atomic E-state index is 0.116. The normalized spacial score (nSPS) is 11.8. The summed E-state index contributed by atoms with van der Waals surface area (Å²) < 4.78 is 0. The second-order valence-corrected chi connectivity index (χ2v) is 4.04. The molecule has 0 saturated carbocycles. The smallest absolute Gasteiger partial charge is 0.225 e. The summed E-state index contributed by atoms with van der Waals surface area (Å²) in [6.45, 7) is 0. The van der Waals surface area contributed by atoms with E-state index in [1.807, 2.05) is 6.07 Å². The molecule has 1 rings (SSSR count). The van der Waals surface area contributed by atoms with Gasteiger partial charge < -0.3 is 10.2 Å². The van der Waals surface area contributed by atoms with Gasteiger partial charge in [-0.1, -0.05) is 30.3 Å². The van der Waals surface area contributed by atoms with Gasteiger partial charge in [0.05, 0.1) is 5.92 Å². The molecule has 1 atom stereocenters. The topological polar surface area (TPSA) is 57.5 Å². The van der Waals surface area contributed by atoms with Gasteiger partial charge in [-0.25, -0.2) is 0 Å². The molecular weight excluding hydrogens is 244 g/mol. The minimum Gasteiger partial charge on any atom is -0.502 e. The Kier molecular flexibility index (Phi) is 4.52. The summed E-state index contributed by atoms with van der Waals surface area (Å²) in [6.07, 6.45) is -0.116. The van der Waals surface area contributed by atoms with Crippen LogP contribution in [-0.4, -0.2) is 26.1 Å². The average Bonchev–Trinajstić information content (AvgIpc) is 2.26. The van der Waals surface area contributed by atoms with Crippen molar-refractivity contribution in [1.82, 2.24) is 0 Å². The molecule has 2 N–H and O–H groups in total. The number of Topliss-reactive ketones (excluding diaryl/α,β-unsaturated/α-hetero) is 1. The van der Waals surface area contributed by atoms with Gasteiger partial charge in [0.25, 0.3) is 0 Å². The van der Waals surface area contributed by atoms with E-state index in [2.05, 4.69) is 24.4 Å². The molecule has 0 heterocycles. The Morgan fingerprint density at radius 1 is 1.19 bits per heavy atom. The van der Waals surface area contributed by atoms with Gasteiger partial charge in [0, 0.05) is 6.42 Å². The van der Waals surface area contributed by atoms with E-state index in [4.69, 9.17) is 5.11 Å². The highest BCUT2D eigenvalue weighted by atomic mass is 32.1. The molecule has 84 valence electrons. The summed E-state index contributed by atoms with van der Waals surface area (Å²) in [6, 6.07) is 8.88. The second kappa shape index (κ2) is 5.67. The van der Waals surface area contributed by atoms with Crippen molar-refractivity contribution in [3.63, 3.8) is 0 Å². The van der Waals surface area contributed by atoms with E-state index in [0.717, 1.165) is 5.56 Å². The molecule has 0 aliphatic carbocycles. The van der Waals surface area contributed by atoms with Crippen LogP contribution in [0.3, 0.4) is 0 Å². The second-order valence-electron chi connectivity index (χ2n) is 3.23. The fourth-order valence-electron chi connectivity index (χ4n) is 1.31. The molecule has 0 aliphatic heterocycles. The summed E-state index contributed by atoms with van der Waals surface area (Å²) in [5.41, 5.74) is 0.722. The van der Waals surface area contributed by atoms with Gasteiger partial charge in [0.1, 0.15) is 0 Å². The predicted octanol–water partition coefficient (Wildman–Crippen LogP) is 2.50. The van der Waals surface area contributed by atoms with E-state index in [1.165, 1.54) is 0 Å². The lowest BCUT2D eigenvalue weighted by molar-refractivity contribution is -0.113. The molecule has 0 amide bonds. The highest BCUT2D eigenvalue weighted by Gasteiger charge is 2.21. The molecule has 1 aromatic rings. The number of hydrogen-bond acceptors (Lipinski definition) is 3. The van der Waals surface area contributed by atoms with E-state index < -0.39 is 16.8 Å². The van der Waals surface area contributed by atoms with Crippen LogP contribution in [-0.2, 0) is 4.79 Å². The van der Waals surface area contributed by atoms with Gasteiger partial charge in [0.2, 0.25) is 10.8 Å². The fraction of sp³-hybridized carbons (Fsp3) is 0.182. The molecule has 0 saturated heterocycles. The first kappa shape index (κ1) is 12.7. The van der Waals surface area contributed by atoms with Crippen molar-refractivity contribution >= 4 is 40.3 Å². The van der Waals surface area contributed by atoms with Gasteiger partial charge in [-0.15, -0.1) is 0 Å². The molecule has 1 aromatic carbocycles. The van der Waals surface area contributed by atoms with Crippen molar-refractivity contribution in [2.24, 2.45) is 0 Å². The number of carbonyl (C=O) groups excluding carboxylic acids is 1. The van der Waals surface area contributed by atoms with Gasteiger partial charge in [-0.05, 0) is 30.0 Å². The number of hydrogen-bond donors (Lipinski definition) is 2. The largest absolute Gasteiger partial charge is 0.502 e. The monoisotopic (exact) mass is 254 g/mol. The number of aliphatic hydroxyl groups is 2. The first-order chi connectivity index (χ1) is 7.52. The quantitative estimate of drug-likeness (QED) is 0.791. The Morgan fingerprint density at radius 2 is 1.75 bits per heavy atom.